The second-order valence-electron chi connectivity index (χ2n) is 7.84. The van der Waals surface area contributed by atoms with Gasteiger partial charge in [-0.1, -0.05) is 43.5 Å². The minimum absolute atomic E-state index is 0.215. The Kier molecular flexibility index (Phi) is 7.28. The maximum absolute atomic E-state index is 13.8. The highest BCUT2D eigenvalue weighted by atomic mass is 79.9. The highest BCUT2D eigenvalue weighted by Gasteiger charge is 2.30. The van der Waals surface area contributed by atoms with Crippen LogP contribution in [0.1, 0.15) is 54.1 Å². The molecule has 3 aromatic rings. The fraction of sp³-hybridized carbons (Fsp3) is 0.240. The van der Waals surface area contributed by atoms with Crippen molar-refractivity contribution in [2.24, 2.45) is 0 Å². The fourth-order valence-corrected chi connectivity index (χ4v) is 4.66. The van der Waals surface area contributed by atoms with Gasteiger partial charge >= 0.3 is 0 Å². The second kappa shape index (κ2) is 9.46. The standard InChI is InChI=1S/C25H23Br2ClN2O2/c1-12-14(3)19(9-21(26)16(12)5)24(31)30(23-8-7-18(28)11-29-23)25(32)20-10-22(27)17(6)13(2)15(20)4/h7-11H,1-6H3. The Morgan fingerprint density at radius 1 is 0.750 bits per heavy atom. The molecule has 0 aliphatic carbocycles. The molecule has 0 atom stereocenters. The predicted octanol–water partition coefficient (Wildman–Crippen LogP) is 7.60. The molecular weight excluding hydrogens is 556 g/mol. The van der Waals surface area contributed by atoms with Gasteiger partial charge in [-0.3, -0.25) is 9.59 Å². The van der Waals surface area contributed by atoms with Gasteiger partial charge in [-0.15, -0.1) is 0 Å². The quantitative estimate of drug-likeness (QED) is 0.301. The van der Waals surface area contributed by atoms with Gasteiger partial charge in [-0.25, -0.2) is 9.88 Å². The number of rotatable bonds is 3. The number of imide groups is 1. The Balaban J connectivity index is 2.24. The first-order valence-electron chi connectivity index (χ1n) is 9.98. The Morgan fingerprint density at radius 2 is 1.19 bits per heavy atom. The van der Waals surface area contributed by atoms with Crippen LogP contribution in [0.25, 0.3) is 0 Å². The van der Waals surface area contributed by atoms with Crippen molar-refractivity contribution in [3.8, 4) is 0 Å². The van der Waals surface area contributed by atoms with Crippen LogP contribution in [-0.4, -0.2) is 16.8 Å². The molecule has 0 saturated carbocycles. The summed E-state index contributed by atoms with van der Waals surface area (Å²) in [6.45, 7) is 11.7. The van der Waals surface area contributed by atoms with Gasteiger partial charge < -0.3 is 0 Å². The summed E-state index contributed by atoms with van der Waals surface area (Å²) in [5.74, 6) is -0.674. The van der Waals surface area contributed by atoms with Crippen molar-refractivity contribution in [1.29, 1.82) is 0 Å². The number of carbonyl (C=O) groups is 2. The number of amides is 2. The molecule has 0 saturated heterocycles. The van der Waals surface area contributed by atoms with Crippen molar-refractivity contribution in [2.45, 2.75) is 41.5 Å². The third-order valence-corrected chi connectivity index (χ3v) is 8.00. The molecule has 2 aromatic carbocycles. The van der Waals surface area contributed by atoms with E-state index >= 15 is 0 Å². The number of hydrogen-bond donors (Lipinski definition) is 0. The molecule has 3 rings (SSSR count). The number of benzene rings is 2. The first-order chi connectivity index (χ1) is 15.0. The van der Waals surface area contributed by atoms with Crippen LogP contribution in [0, 0.1) is 41.5 Å². The Bertz CT molecular complexity index is 1180. The topological polar surface area (TPSA) is 50.3 Å². The molecule has 1 aromatic heterocycles. The molecule has 0 N–H and O–H groups in total. The van der Waals surface area contributed by atoms with E-state index in [0.717, 1.165) is 47.2 Å². The van der Waals surface area contributed by atoms with Gasteiger partial charge in [-0.05, 0) is 99.2 Å². The number of anilines is 1. The lowest BCUT2D eigenvalue weighted by atomic mass is 9.96. The molecule has 0 bridgehead atoms. The van der Waals surface area contributed by atoms with Crippen molar-refractivity contribution in [3.63, 3.8) is 0 Å². The van der Waals surface area contributed by atoms with E-state index in [-0.39, 0.29) is 5.82 Å². The molecule has 0 unspecified atom stereocenters. The van der Waals surface area contributed by atoms with Gasteiger partial charge in [0.1, 0.15) is 5.82 Å². The van der Waals surface area contributed by atoms with Crippen molar-refractivity contribution in [3.05, 3.63) is 88.9 Å². The summed E-state index contributed by atoms with van der Waals surface area (Å²) < 4.78 is 1.62. The zero-order valence-corrected chi connectivity index (χ0v) is 22.7. The van der Waals surface area contributed by atoms with Crippen LogP contribution in [-0.2, 0) is 0 Å². The van der Waals surface area contributed by atoms with E-state index in [0.29, 0.717) is 16.1 Å². The molecule has 166 valence electrons. The summed E-state index contributed by atoms with van der Waals surface area (Å²) >= 11 is 13.1. The maximum atomic E-state index is 13.8. The van der Waals surface area contributed by atoms with E-state index in [1.54, 1.807) is 24.3 Å². The summed E-state index contributed by atoms with van der Waals surface area (Å²) in [7, 11) is 0. The first kappa shape index (κ1) is 24.6. The van der Waals surface area contributed by atoms with E-state index < -0.39 is 11.8 Å². The van der Waals surface area contributed by atoms with Crippen LogP contribution < -0.4 is 4.90 Å². The molecule has 0 spiro atoms. The molecule has 0 aliphatic rings. The number of aromatic nitrogens is 1. The lowest BCUT2D eigenvalue weighted by Gasteiger charge is -2.24. The number of carbonyl (C=O) groups excluding carboxylic acids is 2. The summed E-state index contributed by atoms with van der Waals surface area (Å²) in [6.07, 6.45) is 1.43. The first-order valence-corrected chi connectivity index (χ1v) is 11.9. The van der Waals surface area contributed by atoms with Gasteiger partial charge in [0.25, 0.3) is 11.8 Å². The summed E-state index contributed by atoms with van der Waals surface area (Å²) in [5.41, 5.74) is 6.59. The highest BCUT2D eigenvalue weighted by molar-refractivity contribution is 9.10. The second-order valence-corrected chi connectivity index (χ2v) is 9.99. The van der Waals surface area contributed by atoms with Gasteiger partial charge in [-0.2, -0.15) is 0 Å². The van der Waals surface area contributed by atoms with Gasteiger partial charge in [0, 0.05) is 26.3 Å². The van der Waals surface area contributed by atoms with Crippen molar-refractivity contribution < 1.29 is 9.59 Å². The molecule has 32 heavy (non-hydrogen) atoms. The van der Waals surface area contributed by atoms with Crippen molar-refractivity contribution in [2.75, 3.05) is 4.90 Å². The average Bonchev–Trinajstić information content (AvgIpc) is 2.77. The van der Waals surface area contributed by atoms with Crippen molar-refractivity contribution >= 4 is 61.1 Å². The lowest BCUT2D eigenvalue weighted by Crippen LogP contribution is -2.38. The summed E-state index contributed by atoms with van der Waals surface area (Å²) in [6, 6.07) is 6.72. The smallest absolute Gasteiger partial charge is 0.266 e. The van der Waals surface area contributed by atoms with E-state index in [1.807, 2.05) is 41.5 Å². The van der Waals surface area contributed by atoms with Crippen molar-refractivity contribution in [1.82, 2.24) is 4.98 Å². The summed E-state index contributed by atoms with van der Waals surface area (Å²) in [5, 5.41) is 0.420. The van der Waals surface area contributed by atoms with Gasteiger partial charge in [0.2, 0.25) is 0 Å². The van der Waals surface area contributed by atoms with Crippen LogP contribution in [0.5, 0.6) is 0 Å². The molecule has 4 nitrogen and oxygen atoms in total. The minimum atomic E-state index is -0.445. The SMILES string of the molecule is Cc1c(Br)cc(C(=O)N(C(=O)c2cc(Br)c(C)c(C)c2C)c2ccc(Cl)cn2)c(C)c1C. The number of hydrogen-bond acceptors (Lipinski definition) is 3. The zero-order valence-electron chi connectivity index (χ0n) is 18.7. The highest BCUT2D eigenvalue weighted by Crippen LogP contribution is 2.31. The van der Waals surface area contributed by atoms with E-state index in [9.17, 15) is 9.59 Å². The van der Waals surface area contributed by atoms with Crippen LogP contribution in [0.4, 0.5) is 5.82 Å². The van der Waals surface area contributed by atoms with E-state index in [1.165, 1.54) is 6.20 Å². The molecular formula is C25H23Br2ClN2O2. The van der Waals surface area contributed by atoms with Crippen LogP contribution in [0.2, 0.25) is 5.02 Å². The zero-order chi connectivity index (χ0) is 23.9. The Morgan fingerprint density at radius 3 is 1.56 bits per heavy atom. The third-order valence-electron chi connectivity index (χ3n) is 6.12. The van der Waals surface area contributed by atoms with Crippen LogP contribution >= 0.6 is 43.5 Å². The normalized spacial score (nSPS) is 10.9. The molecule has 7 heteroatoms. The van der Waals surface area contributed by atoms with Gasteiger partial charge in [0.15, 0.2) is 0 Å². The Labute approximate surface area is 210 Å². The third kappa shape index (κ3) is 4.41. The predicted molar refractivity (Wildman–Crippen MR) is 137 cm³/mol. The molecule has 0 fully saturated rings. The molecule has 0 aliphatic heterocycles. The number of pyridine rings is 1. The minimum Gasteiger partial charge on any atom is -0.268 e. The number of halogens is 3. The van der Waals surface area contributed by atoms with Crippen LogP contribution in [0.15, 0.2) is 39.4 Å². The van der Waals surface area contributed by atoms with Gasteiger partial charge in [0.05, 0.1) is 5.02 Å². The Hall–Kier alpha value is -2.02. The molecule has 0 radical (unpaired) electrons. The molecule has 1 heterocycles. The fourth-order valence-electron chi connectivity index (χ4n) is 3.50. The lowest BCUT2D eigenvalue weighted by molar-refractivity contribution is 0.0895. The largest absolute Gasteiger partial charge is 0.268 e. The van der Waals surface area contributed by atoms with Crippen LogP contribution in [0.3, 0.4) is 0 Å². The average molecular weight is 579 g/mol. The summed E-state index contributed by atoms with van der Waals surface area (Å²) in [4.78, 5) is 33.1. The van der Waals surface area contributed by atoms with E-state index in [4.69, 9.17) is 11.6 Å². The monoisotopic (exact) mass is 576 g/mol. The molecule has 2 amide bonds. The van der Waals surface area contributed by atoms with E-state index in [2.05, 4.69) is 36.8 Å². The number of nitrogens with zero attached hydrogens (tertiary/aromatic N) is 2. The maximum Gasteiger partial charge on any atom is 0.266 e.